The number of amides is 2. The van der Waals surface area contributed by atoms with Crippen LogP contribution in [0.3, 0.4) is 0 Å². The van der Waals surface area contributed by atoms with E-state index in [-0.39, 0.29) is 17.1 Å². The molecule has 3 aromatic rings. The van der Waals surface area contributed by atoms with Crippen LogP contribution in [0.4, 0.5) is 11.4 Å². The Kier molecular flexibility index (Phi) is 7.73. The maximum atomic E-state index is 12.8. The van der Waals surface area contributed by atoms with Crippen molar-refractivity contribution in [1.29, 1.82) is 0 Å². The molecule has 0 radical (unpaired) electrons. The molecule has 0 saturated heterocycles. The fourth-order valence-electron chi connectivity index (χ4n) is 3.00. The molecule has 0 bridgehead atoms. The number of hydrogen-bond donors (Lipinski definition) is 2. The first-order valence-corrected chi connectivity index (χ1v) is 11.0. The van der Waals surface area contributed by atoms with Gasteiger partial charge in [-0.3, -0.25) is 9.59 Å². The third kappa shape index (κ3) is 6.12. The molecule has 31 heavy (non-hydrogen) atoms. The van der Waals surface area contributed by atoms with Crippen molar-refractivity contribution < 1.29 is 14.3 Å². The van der Waals surface area contributed by atoms with E-state index in [2.05, 4.69) is 10.6 Å². The van der Waals surface area contributed by atoms with E-state index in [1.807, 2.05) is 74.5 Å². The van der Waals surface area contributed by atoms with Crippen LogP contribution in [0, 0.1) is 6.92 Å². The van der Waals surface area contributed by atoms with Crippen molar-refractivity contribution >= 4 is 35.0 Å². The van der Waals surface area contributed by atoms with Gasteiger partial charge in [-0.15, -0.1) is 11.8 Å². The number of thioether (sulfide) groups is 1. The minimum atomic E-state index is -0.284. The summed E-state index contributed by atoms with van der Waals surface area (Å²) in [7, 11) is 1.58. The number of hydrogen-bond acceptors (Lipinski definition) is 4. The van der Waals surface area contributed by atoms with Gasteiger partial charge in [-0.2, -0.15) is 0 Å². The van der Waals surface area contributed by atoms with Gasteiger partial charge in [-0.1, -0.05) is 42.8 Å². The molecule has 2 N–H and O–H groups in total. The molecule has 0 fully saturated rings. The smallest absolute Gasteiger partial charge is 0.255 e. The molecule has 5 nitrogen and oxygen atoms in total. The molecule has 0 aromatic heterocycles. The third-order valence-corrected chi connectivity index (χ3v) is 6.07. The van der Waals surface area contributed by atoms with Crippen LogP contribution in [0.15, 0.2) is 77.7 Å². The first-order chi connectivity index (χ1) is 15.0. The number of carbonyl (C=O) groups excluding carboxylic acids is 2. The second-order valence-electron chi connectivity index (χ2n) is 7.05. The summed E-state index contributed by atoms with van der Waals surface area (Å²) in [6.07, 6.45) is 0.658. The van der Waals surface area contributed by atoms with E-state index in [0.29, 0.717) is 29.1 Å². The molecule has 2 amide bonds. The predicted molar refractivity (Wildman–Crippen MR) is 127 cm³/mol. The lowest BCUT2D eigenvalue weighted by Gasteiger charge is -2.17. The monoisotopic (exact) mass is 434 g/mol. The largest absolute Gasteiger partial charge is 0.495 e. The van der Waals surface area contributed by atoms with Gasteiger partial charge in [-0.25, -0.2) is 0 Å². The molecular weight excluding hydrogens is 408 g/mol. The van der Waals surface area contributed by atoms with Crippen LogP contribution in [0.5, 0.6) is 5.75 Å². The number of nitrogens with one attached hydrogen (secondary N) is 2. The van der Waals surface area contributed by atoms with E-state index in [0.717, 1.165) is 10.5 Å². The Bertz CT molecular complexity index is 1050. The average Bonchev–Trinajstić information content (AvgIpc) is 2.78. The second kappa shape index (κ2) is 10.7. The highest BCUT2D eigenvalue weighted by molar-refractivity contribution is 8.00. The quantitative estimate of drug-likeness (QED) is 0.442. The van der Waals surface area contributed by atoms with Gasteiger partial charge in [0.1, 0.15) is 5.75 Å². The van der Waals surface area contributed by atoms with Gasteiger partial charge in [-0.05, 0) is 55.8 Å². The summed E-state index contributed by atoms with van der Waals surface area (Å²) >= 11 is 1.46. The van der Waals surface area contributed by atoms with Gasteiger partial charge in [0.25, 0.3) is 5.91 Å². The van der Waals surface area contributed by atoms with Crippen molar-refractivity contribution in [3.63, 3.8) is 0 Å². The van der Waals surface area contributed by atoms with Crippen LogP contribution in [0.2, 0.25) is 0 Å². The van der Waals surface area contributed by atoms with Crippen LogP contribution in [0.1, 0.15) is 29.3 Å². The minimum Gasteiger partial charge on any atom is -0.495 e. The van der Waals surface area contributed by atoms with Crippen LogP contribution < -0.4 is 15.4 Å². The average molecular weight is 435 g/mol. The number of methoxy groups -OCH3 is 1. The number of aryl methyl sites for hydroxylation is 1. The lowest BCUT2D eigenvalue weighted by molar-refractivity contribution is -0.115. The summed E-state index contributed by atoms with van der Waals surface area (Å²) in [5.41, 5.74) is 3.04. The molecule has 0 saturated carbocycles. The Morgan fingerprint density at radius 1 is 0.968 bits per heavy atom. The topological polar surface area (TPSA) is 67.4 Å². The van der Waals surface area contributed by atoms with Gasteiger partial charge in [0, 0.05) is 16.1 Å². The van der Waals surface area contributed by atoms with Crippen molar-refractivity contribution in [1.82, 2.24) is 0 Å². The van der Waals surface area contributed by atoms with Crippen molar-refractivity contribution in [3.05, 3.63) is 83.9 Å². The van der Waals surface area contributed by atoms with Crippen LogP contribution in [0.25, 0.3) is 0 Å². The molecule has 160 valence electrons. The van der Waals surface area contributed by atoms with Crippen molar-refractivity contribution in [2.24, 2.45) is 0 Å². The Hall–Kier alpha value is -3.25. The summed E-state index contributed by atoms with van der Waals surface area (Å²) in [5, 5.41) is 5.59. The van der Waals surface area contributed by atoms with E-state index < -0.39 is 0 Å². The highest BCUT2D eigenvalue weighted by Gasteiger charge is 2.19. The van der Waals surface area contributed by atoms with Gasteiger partial charge >= 0.3 is 0 Å². The van der Waals surface area contributed by atoms with Crippen LogP contribution in [-0.4, -0.2) is 24.2 Å². The fraction of sp³-hybridized carbons (Fsp3) is 0.200. The Balaban J connectivity index is 1.67. The minimum absolute atomic E-state index is 0.0916. The maximum absolute atomic E-state index is 12.8. The molecule has 3 rings (SSSR count). The molecule has 0 spiro atoms. The van der Waals surface area contributed by atoms with Crippen LogP contribution in [-0.2, 0) is 4.79 Å². The zero-order chi connectivity index (χ0) is 22.2. The molecule has 0 heterocycles. The molecule has 6 heteroatoms. The highest BCUT2D eigenvalue weighted by atomic mass is 32.2. The summed E-state index contributed by atoms with van der Waals surface area (Å²) < 4.78 is 5.31. The number of rotatable bonds is 8. The number of benzene rings is 3. The van der Waals surface area contributed by atoms with E-state index in [9.17, 15) is 9.59 Å². The molecular formula is C25H26N2O3S. The van der Waals surface area contributed by atoms with Crippen molar-refractivity contribution in [3.8, 4) is 5.75 Å². The molecule has 3 aromatic carbocycles. The van der Waals surface area contributed by atoms with E-state index in [1.165, 1.54) is 11.8 Å². The molecule has 1 unspecified atom stereocenters. The van der Waals surface area contributed by atoms with Gasteiger partial charge in [0.2, 0.25) is 5.91 Å². The molecule has 1 atom stereocenters. The van der Waals surface area contributed by atoms with Gasteiger partial charge in [0.15, 0.2) is 0 Å². The Labute approximate surface area is 187 Å². The van der Waals surface area contributed by atoms with Crippen LogP contribution >= 0.6 is 11.8 Å². The summed E-state index contributed by atoms with van der Waals surface area (Å²) in [6.45, 7) is 3.96. The Morgan fingerprint density at radius 3 is 2.42 bits per heavy atom. The second-order valence-corrected chi connectivity index (χ2v) is 8.33. The first-order valence-electron chi connectivity index (χ1n) is 10.1. The zero-order valence-corrected chi connectivity index (χ0v) is 18.7. The lowest BCUT2D eigenvalue weighted by Crippen LogP contribution is -2.24. The van der Waals surface area contributed by atoms with Crippen molar-refractivity contribution in [2.75, 3.05) is 17.7 Å². The number of para-hydroxylation sites is 2. The first kappa shape index (κ1) is 22.4. The van der Waals surface area contributed by atoms with Crippen molar-refractivity contribution in [2.45, 2.75) is 30.4 Å². The standard InChI is InChI=1S/C25H26N2O3S/c1-4-23(25(29)27-21-10-5-6-11-22(21)30-3)31-20-9-7-8-19(16-20)26-24(28)18-14-12-17(2)13-15-18/h5-16,23H,4H2,1-3H3,(H,26,28)(H,27,29). The fourth-order valence-corrected chi connectivity index (χ4v) is 4.02. The Morgan fingerprint density at radius 2 is 1.71 bits per heavy atom. The number of carbonyl (C=O) groups is 2. The highest BCUT2D eigenvalue weighted by Crippen LogP contribution is 2.30. The predicted octanol–water partition coefficient (Wildman–Crippen LogP) is 5.77. The lowest BCUT2D eigenvalue weighted by atomic mass is 10.1. The van der Waals surface area contributed by atoms with Gasteiger partial charge in [0.05, 0.1) is 18.0 Å². The molecule has 0 aliphatic carbocycles. The van der Waals surface area contributed by atoms with E-state index in [4.69, 9.17) is 4.74 Å². The van der Waals surface area contributed by atoms with E-state index in [1.54, 1.807) is 19.2 Å². The summed E-state index contributed by atoms with van der Waals surface area (Å²) in [6, 6.07) is 22.3. The summed E-state index contributed by atoms with van der Waals surface area (Å²) in [5.74, 6) is 0.366. The SMILES string of the molecule is CCC(Sc1cccc(NC(=O)c2ccc(C)cc2)c1)C(=O)Nc1ccccc1OC. The molecule has 0 aliphatic heterocycles. The maximum Gasteiger partial charge on any atom is 0.255 e. The number of anilines is 2. The zero-order valence-electron chi connectivity index (χ0n) is 17.8. The number of ether oxygens (including phenoxy) is 1. The summed E-state index contributed by atoms with van der Waals surface area (Å²) in [4.78, 5) is 26.2. The normalized spacial score (nSPS) is 11.5. The van der Waals surface area contributed by atoms with E-state index >= 15 is 0 Å². The molecule has 0 aliphatic rings. The third-order valence-electron chi connectivity index (χ3n) is 4.71. The van der Waals surface area contributed by atoms with Gasteiger partial charge < -0.3 is 15.4 Å².